The Labute approximate surface area is 151 Å². The number of allylic oxidation sites excluding steroid dienone is 8. The van der Waals surface area contributed by atoms with Gasteiger partial charge < -0.3 is 34.0 Å². The standard InChI is InChI=1S/2C7H9.C2H6Si.2BrH.Ti/c2*1-6-4-3-5-7(6)2;1-3-2;;;/h2*4H,3H2,1-2H3;1-2H3;2*1H;/q;;;;;+2/p-2. The third kappa shape index (κ3) is 3.98. The SMILES string of the molecule is CC1=CC[C]([Ti+2]([C]2=C(C)C(C)=CC2)=[Si](C)C)=C1C.[Br-].[Br-]. The van der Waals surface area contributed by atoms with E-state index in [9.17, 15) is 0 Å². The normalized spacial score (nSPS) is 17.1. The van der Waals surface area contributed by atoms with Crippen LogP contribution in [0.1, 0.15) is 40.5 Å². The Bertz CT molecular complexity index is 515. The van der Waals surface area contributed by atoms with Crippen LogP contribution >= 0.6 is 0 Å². The molecule has 0 bridgehead atoms. The van der Waals surface area contributed by atoms with Crippen LogP contribution in [0.15, 0.2) is 42.2 Å². The van der Waals surface area contributed by atoms with Gasteiger partial charge in [-0.15, -0.1) is 0 Å². The molecule has 20 heavy (non-hydrogen) atoms. The third-order valence-electron chi connectivity index (χ3n) is 4.42. The van der Waals surface area contributed by atoms with E-state index in [-0.39, 0.29) is 40.1 Å². The molecule has 4 heteroatoms. The molecule has 0 saturated carbocycles. The molecular weight excluding hydrogens is 428 g/mol. The summed E-state index contributed by atoms with van der Waals surface area (Å²) in [4.78, 5) is 0. The number of hydrogen-bond acceptors (Lipinski definition) is 0. The van der Waals surface area contributed by atoms with Crippen molar-refractivity contribution in [2.45, 2.75) is 53.6 Å². The maximum atomic E-state index is 2.54. The maximum Gasteiger partial charge on any atom is -1.00 e. The van der Waals surface area contributed by atoms with E-state index in [4.69, 9.17) is 0 Å². The van der Waals surface area contributed by atoms with Crippen molar-refractivity contribution in [1.82, 2.24) is 0 Å². The zero-order valence-corrected chi connectivity index (χ0v) is 19.1. The monoisotopic (exact) mass is 450 g/mol. The van der Waals surface area contributed by atoms with E-state index in [0.29, 0.717) is 0 Å². The summed E-state index contributed by atoms with van der Waals surface area (Å²) in [6.45, 7) is 14.4. The van der Waals surface area contributed by atoms with Gasteiger partial charge in [-0.25, -0.2) is 0 Å². The zero-order valence-electron chi connectivity index (χ0n) is 13.3. The minimum Gasteiger partial charge on any atom is -1.00 e. The first-order valence-electron chi connectivity index (χ1n) is 6.85. The second kappa shape index (κ2) is 8.47. The topological polar surface area (TPSA) is 0 Å². The van der Waals surface area contributed by atoms with Crippen molar-refractivity contribution < 1.29 is 50.6 Å². The second-order valence-corrected chi connectivity index (χ2v) is 17.6. The van der Waals surface area contributed by atoms with Crippen LogP contribution in [-0.4, -0.2) is 6.19 Å². The Morgan fingerprint density at radius 3 is 1.35 bits per heavy atom. The molecule has 0 spiro atoms. The Balaban J connectivity index is 0.00000180. The molecule has 0 atom stereocenters. The molecule has 0 aromatic heterocycles. The van der Waals surface area contributed by atoms with Gasteiger partial charge in [-0.2, -0.15) is 0 Å². The van der Waals surface area contributed by atoms with Crippen LogP contribution in [0, 0.1) is 0 Å². The van der Waals surface area contributed by atoms with Gasteiger partial charge in [0.2, 0.25) is 0 Å². The summed E-state index contributed by atoms with van der Waals surface area (Å²) in [5, 5.41) is 0. The first kappa shape index (κ1) is 20.9. The van der Waals surface area contributed by atoms with Gasteiger partial charge in [-0.3, -0.25) is 0 Å². The van der Waals surface area contributed by atoms with Crippen molar-refractivity contribution in [2.24, 2.45) is 0 Å². The molecule has 2 aliphatic rings. The van der Waals surface area contributed by atoms with Crippen LogP contribution in [0.5, 0.6) is 0 Å². The summed E-state index contributed by atoms with van der Waals surface area (Å²) < 4.78 is 3.76. The number of rotatable bonds is 2. The molecule has 0 fully saturated rings. The van der Waals surface area contributed by atoms with Crippen LogP contribution in [0.3, 0.4) is 0 Å². The summed E-state index contributed by atoms with van der Waals surface area (Å²) >= 11 is -1.17. The van der Waals surface area contributed by atoms with E-state index in [0.717, 1.165) is 0 Å². The molecule has 2 rings (SSSR count). The summed E-state index contributed by atoms with van der Waals surface area (Å²) in [5.41, 5.74) is 6.36. The minimum absolute atomic E-state index is 0. The van der Waals surface area contributed by atoms with E-state index in [1.165, 1.54) is 12.8 Å². The van der Waals surface area contributed by atoms with Crippen LogP contribution < -0.4 is 34.0 Å². The Hall–Kier alpha value is 0.851. The molecule has 0 aliphatic heterocycles. The molecule has 0 aromatic rings. The van der Waals surface area contributed by atoms with E-state index >= 15 is 0 Å². The number of halogens is 2. The Kier molecular flexibility index (Phi) is 8.84. The van der Waals surface area contributed by atoms with E-state index < -0.39 is 16.6 Å². The second-order valence-electron chi connectivity index (χ2n) is 5.76. The van der Waals surface area contributed by atoms with Gasteiger partial charge in [0.25, 0.3) is 0 Å². The smallest absolute Gasteiger partial charge is 1.00 e. The van der Waals surface area contributed by atoms with Crippen molar-refractivity contribution in [2.75, 3.05) is 0 Å². The van der Waals surface area contributed by atoms with Gasteiger partial charge in [-0.05, 0) is 0 Å². The fourth-order valence-corrected chi connectivity index (χ4v) is 15.5. The molecule has 0 nitrogen and oxygen atoms in total. The fourth-order valence-electron chi connectivity index (χ4n) is 2.96. The van der Waals surface area contributed by atoms with Crippen molar-refractivity contribution in [3.05, 3.63) is 42.2 Å². The van der Waals surface area contributed by atoms with Gasteiger partial charge in [0.15, 0.2) is 0 Å². The van der Waals surface area contributed by atoms with Crippen molar-refractivity contribution in [3.63, 3.8) is 0 Å². The Morgan fingerprint density at radius 2 is 1.15 bits per heavy atom. The summed E-state index contributed by atoms with van der Waals surface area (Å²) in [6, 6.07) is 0. The molecule has 0 unspecified atom stereocenters. The predicted octanol–water partition coefficient (Wildman–Crippen LogP) is -0.888. The third-order valence-corrected chi connectivity index (χ3v) is 16.3. The summed E-state index contributed by atoms with van der Waals surface area (Å²) in [5.74, 6) is 0. The molecule has 0 amide bonds. The van der Waals surface area contributed by atoms with Crippen molar-refractivity contribution in [3.8, 4) is 0 Å². The van der Waals surface area contributed by atoms with Gasteiger partial charge in [-0.1, -0.05) is 0 Å². The van der Waals surface area contributed by atoms with Crippen LogP contribution in [0.4, 0.5) is 0 Å². The van der Waals surface area contributed by atoms with E-state index in [2.05, 4.69) is 52.9 Å². The van der Waals surface area contributed by atoms with Gasteiger partial charge >= 0.3 is 119 Å². The van der Waals surface area contributed by atoms with Gasteiger partial charge in [0.1, 0.15) is 0 Å². The summed E-state index contributed by atoms with van der Waals surface area (Å²) in [6.07, 6.45) is 7.26. The first-order chi connectivity index (χ1) is 8.43. The molecule has 0 radical (unpaired) electrons. The molecule has 0 aromatic carbocycles. The van der Waals surface area contributed by atoms with E-state index in [1.807, 2.05) is 7.76 Å². The van der Waals surface area contributed by atoms with Gasteiger partial charge in [0.05, 0.1) is 0 Å². The van der Waals surface area contributed by atoms with Gasteiger partial charge in [0, 0.05) is 0 Å². The van der Waals surface area contributed by atoms with Crippen LogP contribution in [0.25, 0.3) is 0 Å². The Morgan fingerprint density at radius 1 is 0.800 bits per heavy atom. The average molecular weight is 452 g/mol. The fraction of sp³-hybridized carbons (Fsp3) is 0.500. The zero-order chi connectivity index (χ0) is 13.4. The summed E-state index contributed by atoms with van der Waals surface area (Å²) in [7, 11) is 0. The predicted molar refractivity (Wildman–Crippen MR) is 79.6 cm³/mol. The number of hydrogen-bond donors (Lipinski definition) is 0. The molecule has 0 heterocycles. The minimum atomic E-state index is -1.17. The molecule has 0 N–H and O–H groups in total. The first-order valence-corrected chi connectivity index (χ1v) is 13.3. The molecule has 2 aliphatic carbocycles. The van der Waals surface area contributed by atoms with Crippen LogP contribution in [0.2, 0.25) is 13.1 Å². The molecule has 110 valence electrons. The molecular formula is C16H24Br2SiTi. The maximum absolute atomic E-state index is 2.54. The van der Waals surface area contributed by atoms with E-state index in [1.54, 1.807) is 22.3 Å². The molecule has 0 saturated heterocycles. The largest absolute Gasteiger partial charge is 1.00 e. The van der Waals surface area contributed by atoms with Crippen molar-refractivity contribution in [1.29, 1.82) is 0 Å². The quantitative estimate of drug-likeness (QED) is 0.478. The van der Waals surface area contributed by atoms with Crippen LogP contribution in [-0.2, 0) is 16.6 Å². The van der Waals surface area contributed by atoms with Crippen molar-refractivity contribution >= 4 is 6.19 Å². The average Bonchev–Trinajstić information content (AvgIpc) is 2.79.